The van der Waals surface area contributed by atoms with Gasteiger partial charge in [0.25, 0.3) is 0 Å². The van der Waals surface area contributed by atoms with E-state index in [0.29, 0.717) is 25.3 Å². The van der Waals surface area contributed by atoms with E-state index in [1.165, 1.54) is 0 Å². The zero-order valence-electron chi connectivity index (χ0n) is 9.01. The van der Waals surface area contributed by atoms with Crippen molar-refractivity contribution in [3.63, 3.8) is 0 Å². The lowest BCUT2D eigenvalue weighted by atomic mass is 10.1. The van der Waals surface area contributed by atoms with Crippen LogP contribution in [0.3, 0.4) is 0 Å². The van der Waals surface area contributed by atoms with Gasteiger partial charge in [0.2, 0.25) is 0 Å². The molecule has 17 heavy (non-hydrogen) atoms. The fourth-order valence-electron chi connectivity index (χ4n) is 2.10. The molecule has 1 aromatic heterocycles. The Kier molecular flexibility index (Phi) is 2.05. The minimum atomic E-state index is -1.02. The van der Waals surface area contributed by atoms with Crippen molar-refractivity contribution < 1.29 is 14.6 Å². The van der Waals surface area contributed by atoms with Gasteiger partial charge in [0.05, 0.1) is 23.2 Å². The Hall–Kier alpha value is -2.08. The number of nitrogens with two attached hydrogens (primary N) is 1. The van der Waals surface area contributed by atoms with Gasteiger partial charge in [-0.25, -0.2) is 9.78 Å². The van der Waals surface area contributed by atoms with Crippen LogP contribution in [0.5, 0.6) is 0 Å². The number of nitrogens with zero attached hydrogens (tertiary/aromatic N) is 2. The third-order valence-electron chi connectivity index (χ3n) is 2.92. The fraction of sp³-hybridized carbons (Fsp3) is 0.273. The van der Waals surface area contributed by atoms with Gasteiger partial charge in [-0.2, -0.15) is 0 Å². The van der Waals surface area contributed by atoms with E-state index >= 15 is 0 Å². The summed E-state index contributed by atoms with van der Waals surface area (Å²) in [7, 11) is 0. The maximum absolute atomic E-state index is 11.0. The number of nitrogen functional groups attached to an aromatic ring is 1. The Morgan fingerprint density at radius 3 is 3.12 bits per heavy atom. The molecule has 3 N–H and O–H groups in total. The number of rotatable bonds is 1. The summed E-state index contributed by atoms with van der Waals surface area (Å²) < 4.78 is 7.28. The van der Waals surface area contributed by atoms with Gasteiger partial charge in [0, 0.05) is 12.2 Å². The van der Waals surface area contributed by atoms with E-state index in [2.05, 4.69) is 4.98 Å². The van der Waals surface area contributed by atoms with Gasteiger partial charge in [-0.05, 0) is 12.1 Å². The minimum absolute atomic E-state index is 0.117. The normalized spacial score (nSPS) is 14.8. The maximum atomic E-state index is 11.0. The van der Waals surface area contributed by atoms with Crippen molar-refractivity contribution in [1.29, 1.82) is 0 Å². The molecule has 0 aliphatic carbocycles. The van der Waals surface area contributed by atoms with Crippen molar-refractivity contribution in [2.24, 2.45) is 0 Å². The minimum Gasteiger partial charge on any atom is -0.478 e. The van der Waals surface area contributed by atoms with Gasteiger partial charge >= 0.3 is 5.97 Å². The zero-order valence-corrected chi connectivity index (χ0v) is 9.01. The first-order valence-corrected chi connectivity index (χ1v) is 5.26. The molecule has 1 aliphatic heterocycles. The lowest BCUT2D eigenvalue weighted by Gasteiger charge is -2.14. The largest absolute Gasteiger partial charge is 0.478 e. The van der Waals surface area contributed by atoms with Crippen LogP contribution in [-0.2, 0) is 17.9 Å². The van der Waals surface area contributed by atoms with Gasteiger partial charge in [0.15, 0.2) is 0 Å². The van der Waals surface area contributed by atoms with Crippen LogP contribution in [-0.4, -0.2) is 27.2 Å². The summed E-state index contributed by atoms with van der Waals surface area (Å²) in [6, 6.07) is 3.18. The van der Waals surface area contributed by atoms with Crippen molar-refractivity contribution in [2.45, 2.75) is 13.2 Å². The molecular formula is C11H11N3O3. The molecule has 3 rings (SSSR count). The number of hydrogen-bond acceptors (Lipinski definition) is 4. The standard InChI is InChI=1S/C11H11N3O3/c12-7-4-8-9(3-6(7)11(15)16)14-1-2-17-5-10(14)13-8/h3-4H,1-2,5,12H2,(H,15,16). The summed E-state index contributed by atoms with van der Waals surface area (Å²) in [5.74, 6) is -0.208. The first-order valence-electron chi connectivity index (χ1n) is 5.26. The van der Waals surface area contributed by atoms with Gasteiger partial charge in [-0.1, -0.05) is 0 Å². The SMILES string of the molecule is Nc1cc2nc3n(c2cc1C(=O)O)CCOC3. The first-order chi connectivity index (χ1) is 8.16. The average Bonchev–Trinajstić information content (AvgIpc) is 2.64. The van der Waals surface area contributed by atoms with Crippen molar-refractivity contribution in [3.8, 4) is 0 Å². The molecule has 2 aromatic rings. The summed E-state index contributed by atoms with van der Waals surface area (Å²) in [5, 5.41) is 9.03. The molecule has 0 spiro atoms. The lowest BCUT2D eigenvalue weighted by molar-refractivity contribution is 0.0698. The molecule has 0 bridgehead atoms. The number of fused-ring (bicyclic) bond motifs is 3. The van der Waals surface area contributed by atoms with Gasteiger partial charge in [0.1, 0.15) is 12.4 Å². The van der Waals surface area contributed by atoms with E-state index in [1.54, 1.807) is 12.1 Å². The second kappa shape index (κ2) is 3.46. The highest BCUT2D eigenvalue weighted by molar-refractivity contribution is 5.98. The van der Waals surface area contributed by atoms with Gasteiger partial charge < -0.3 is 20.1 Å². The Labute approximate surface area is 96.6 Å². The number of carboxylic acid groups (broad SMARTS) is 1. The van der Waals surface area contributed by atoms with Crippen molar-refractivity contribution in [3.05, 3.63) is 23.5 Å². The molecule has 0 amide bonds. The molecule has 0 radical (unpaired) electrons. The summed E-state index contributed by atoms with van der Waals surface area (Å²) in [6.45, 7) is 1.76. The molecule has 0 saturated carbocycles. The number of carbonyl (C=O) groups is 1. The van der Waals surface area contributed by atoms with E-state index in [-0.39, 0.29) is 11.3 Å². The Morgan fingerprint density at radius 2 is 2.35 bits per heavy atom. The quantitative estimate of drug-likeness (QED) is 0.712. The predicted octanol–water partition coefficient (Wildman–Crippen LogP) is 0.847. The molecule has 1 aliphatic rings. The number of aromatic carboxylic acids is 1. The second-order valence-corrected chi connectivity index (χ2v) is 3.97. The highest BCUT2D eigenvalue weighted by Crippen LogP contribution is 2.24. The first kappa shape index (κ1) is 10.1. The average molecular weight is 233 g/mol. The van der Waals surface area contributed by atoms with E-state index in [0.717, 1.165) is 11.3 Å². The predicted molar refractivity (Wildman–Crippen MR) is 60.8 cm³/mol. The highest BCUT2D eigenvalue weighted by Gasteiger charge is 2.18. The summed E-state index contributed by atoms with van der Waals surface area (Å²) in [6.07, 6.45) is 0. The molecular weight excluding hydrogens is 222 g/mol. The summed E-state index contributed by atoms with van der Waals surface area (Å²) in [5.41, 5.74) is 7.56. The van der Waals surface area contributed by atoms with Gasteiger partial charge in [-0.3, -0.25) is 0 Å². The van der Waals surface area contributed by atoms with Crippen LogP contribution in [0.4, 0.5) is 5.69 Å². The number of aromatic nitrogens is 2. The molecule has 6 nitrogen and oxygen atoms in total. The van der Waals surface area contributed by atoms with E-state index < -0.39 is 5.97 Å². The molecule has 88 valence electrons. The molecule has 0 fully saturated rings. The highest BCUT2D eigenvalue weighted by atomic mass is 16.5. The van der Waals surface area contributed by atoms with Crippen LogP contribution in [0.25, 0.3) is 11.0 Å². The molecule has 1 aromatic carbocycles. The number of carboxylic acids is 1. The second-order valence-electron chi connectivity index (χ2n) is 3.97. The maximum Gasteiger partial charge on any atom is 0.337 e. The van der Waals surface area contributed by atoms with Crippen LogP contribution in [0.15, 0.2) is 12.1 Å². The third kappa shape index (κ3) is 1.45. The van der Waals surface area contributed by atoms with Crippen LogP contribution < -0.4 is 5.73 Å². The third-order valence-corrected chi connectivity index (χ3v) is 2.92. The van der Waals surface area contributed by atoms with Crippen molar-refractivity contribution >= 4 is 22.7 Å². The van der Waals surface area contributed by atoms with Crippen molar-refractivity contribution in [1.82, 2.24) is 9.55 Å². The fourth-order valence-corrected chi connectivity index (χ4v) is 2.10. The van der Waals surface area contributed by atoms with Gasteiger partial charge in [-0.15, -0.1) is 0 Å². The number of hydrogen-bond donors (Lipinski definition) is 2. The smallest absolute Gasteiger partial charge is 0.337 e. The summed E-state index contributed by atoms with van der Waals surface area (Å²) >= 11 is 0. The number of imidazole rings is 1. The molecule has 0 saturated heterocycles. The topological polar surface area (TPSA) is 90.4 Å². The molecule has 2 heterocycles. The Bertz CT molecular complexity index is 618. The van der Waals surface area contributed by atoms with E-state index in [1.807, 2.05) is 4.57 Å². The number of anilines is 1. The number of ether oxygens (including phenoxy) is 1. The zero-order chi connectivity index (χ0) is 12.0. The molecule has 6 heteroatoms. The Balaban J connectivity index is 2.29. The van der Waals surface area contributed by atoms with E-state index in [9.17, 15) is 4.79 Å². The lowest BCUT2D eigenvalue weighted by Crippen LogP contribution is -2.16. The number of benzene rings is 1. The van der Waals surface area contributed by atoms with Crippen LogP contribution in [0, 0.1) is 0 Å². The van der Waals surface area contributed by atoms with E-state index in [4.69, 9.17) is 15.6 Å². The molecule has 0 atom stereocenters. The van der Waals surface area contributed by atoms with Crippen LogP contribution >= 0.6 is 0 Å². The molecule has 0 unspecified atom stereocenters. The van der Waals surface area contributed by atoms with Crippen molar-refractivity contribution in [2.75, 3.05) is 12.3 Å². The Morgan fingerprint density at radius 1 is 1.53 bits per heavy atom. The van der Waals surface area contributed by atoms with Crippen LogP contribution in [0.2, 0.25) is 0 Å². The summed E-state index contributed by atoms with van der Waals surface area (Å²) in [4.78, 5) is 15.4. The van der Waals surface area contributed by atoms with Crippen LogP contribution in [0.1, 0.15) is 16.2 Å². The monoisotopic (exact) mass is 233 g/mol.